The maximum atomic E-state index is 11.6. The van der Waals surface area contributed by atoms with E-state index in [0.29, 0.717) is 0 Å². The van der Waals surface area contributed by atoms with Crippen LogP contribution in [0.2, 0.25) is 0 Å². The normalized spacial score (nSPS) is 11.7. The Morgan fingerprint density at radius 1 is 1.12 bits per heavy atom. The molecule has 0 spiro atoms. The van der Waals surface area contributed by atoms with E-state index >= 15 is 0 Å². The zero-order valence-corrected chi connectivity index (χ0v) is 11.7. The summed E-state index contributed by atoms with van der Waals surface area (Å²) in [4.78, 5) is 0. The molecule has 1 rings (SSSR count). The largest absolute Gasteiger partial charge is 0.474 e. The highest BCUT2D eigenvalue weighted by atomic mass is 79.9. The SMILES string of the molecule is COP(=O)(OC)OCc1ccc(CBr)cc1. The summed E-state index contributed by atoms with van der Waals surface area (Å²) in [5, 5.41) is 0.808. The number of hydrogen-bond donors (Lipinski definition) is 0. The number of benzene rings is 1. The third-order valence-electron chi connectivity index (χ3n) is 2.01. The van der Waals surface area contributed by atoms with Crippen molar-refractivity contribution in [1.82, 2.24) is 0 Å². The summed E-state index contributed by atoms with van der Waals surface area (Å²) in [5.74, 6) is 0. The van der Waals surface area contributed by atoms with Crippen LogP contribution in [0.15, 0.2) is 24.3 Å². The predicted molar refractivity (Wildman–Crippen MR) is 65.5 cm³/mol. The van der Waals surface area contributed by atoms with Crippen molar-refractivity contribution in [2.75, 3.05) is 14.2 Å². The van der Waals surface area contributed by atoms with E-state index in [1.54, 1.807) is 0 Å². The summed E-state index contributed by atoms with van der Waals surface area (Å²) in [5.41, 5.74) is 2.09. The fourth-order valence-electron chi connectivity index (χ4n) is 1.06. The van der Waals surface area contributed by atoms with Gasteiger partial charge in [0.1, 0.15) is 0 Å². The highest BCUT2D eigenvalue weighted by Gasteiger charge is 2.22. The number of hydrogen-bond acceptors (Lipinski definition) is 4. The van der Waals surface area contributed by atoms with Crippen molar-refractivity contribution in [2.24, 2.45) is 0 Å². The monoisotopic (exact) mass is 308 g/mol. The minimum Gasteiger partial charge on any atom is -0.290 e. The molecule has 4 nitrogen and oxygen atoms in total. The number of alkyl halides is 1. The average molecular weight is 309 g/mol. The molecule has 0 aliphatic carbocycles. The Morgan fingerprint density at radius 2 is 1.62 bits per heavy atom. The lowest BCUT2D eigenvalue weighted by atomic mass is 10.2. The molecule has 90 valence electrons. The zero-order chi connectivity index (χ0) is 12.0. The summed E-state index contributed by atoms with van der Waals surface area (Å²) in [6, 6.07) is 7.76. The molecular formula is C10H14BrO4P. The fourth-order valence-corrected chi connectivity index (χ4v) is 2.10. The van der Waals surface area contributed by atoms with Gasteiger partial charge in [-0.25, -0.2) is 4.57 Å². The van der Waals surface area contributed by atoms with Gasteiger partial charge < -0.3 is 0 Å². The van der Waals surface area contributed by atoms with Crippen molar-refractivity contribution in [3.63, 3.8) is 0 Å². The molecule has 0 saturated carbocycles. The molecule has 0 unspecified atom stereocenters. The van der Waals surface area contributed by atoms with E-state index in [2.05, 4.69) is 25.0 Å². The van der Waals surface area contributed by atoms with Gasteiger partial charge in [-0.3, -0.25) is 13.6 Å². The first-order valence-corrected chi connectivity index (χ1v) is 7.21. The van der Waals surface area contributed by atoms with Crippen LogP contribution in [0.1, 0.15) is 11.1 Å². The van der Waals surface area contributed by atoms with E-state index in [-0.39, 0.29) is 6.61 Å². The molecule has 0 aliphatic rings. The quantitative estimate of drug-likeness (QED) is 0.596. The summed E-state index contributed by atoms with van der Waals surface area (Å²) >= 11 is 3.36. The molecule has 6 heteroatoms. The van der Waals surface area contributed by atoms with Crippen molar-refractivity contribution in [1.29, 1.82) is 0 Å². The van der Waals surface area contributed by atoms with Crippen LogP contribution in [0.25, 0.3) is 0 Å². The van der Waals surface area contributed by atoms with Crippen LogP contribution in [-0.2, 0) is 30.1 Å². The van der Waals surface area contributed by atoms with Crippen molar-refractivity contribution in [3.05, 3.63) is 35.4 Å². The first-order chi connectivity index (χ1) is 7.63. The van der Waals surface area contributed by atoms with Crippen LogP contribution < -0.4 is 0 Å². The molecule has 0 N–H and O–H groups in total. The summed E-state index contributed by atoms with van der Waals surface area (Å²) < 4.78 is 26.0. The Labute approximate surface area is 104 Å². The molecule has 0 aliphatic heterocycles. The highest BCUT2D eigenvalue weighted by molar-refractivity contribution is 9.08. The van der Waals surface area contributed by atoms with Gasteiger partial charge in [-0.15, -0.1) is 0 Å². The van der Waals surface area contributed by atoms with Crippen molar-refractivity contribution in [3.8, 4) is 0 Å². The van der Waals surface area contributed by atoms with E-state index in [4.69, 9.17) is 4.52 Å². The smallest absolute Gasteiger partial charge is 0.290 e. The number of phosphoric ester groups is 1. The first kappa shape index (κ1) is 13.9. The van der Waals surface area contributed by atoms with Gasteiger partial charge in [-0.1, -0.05) is 40.2 Å². The Kier molecular flexibility index (Phi) is 5.66. The minimum absolute atomic E-state index is 0.196. The molecule has 1 aromatic rings. The lowest BCUT2D eigenvalue weighted by Crippen LogP contribution is -1.95. The molecule has 0 amide bonds. The summed E-state index contributed by atoms with van der Waals surface area (Å²) in [7, 11) is -0.795. The second kappa shape index (κ2) is 6.52. The number of rotatable bonds is 6. The topological polar surface area (TPSA) is 44.8 Å². The maximum absolute atomic E-state index is 11.6. The molecule has 0 heterocycles. The Bertz CT molecular complexity index is 358. The average Bonchev–Trinajstić information content (AvgIpc) is 2.36. The molecule has 0 atom stereocenters. The van der Waals surface area contributed by atoms with Crippen LogP contribution in [0, 0.1) is 0 Å². The van der Waals surface area contributed by atoms with Gasteiger partial charge in [0.25, 0.3) is 0 Å². The second-order valence-electron chi connectivity index (χ2n) is 3.04. The number of phosphoric acid groups is 1. The van der Waals surface area contributed by atoms with Crippen LogP contribution in [0.3, 0.4) is 0 Å². The van der Waals surface area contributed by atoms with E-state index in [0.717, 1.165) is 10.9 Å². The van der Waals surface area contributed by atoms with Crippen molar-refractivity contribution >= 4 is 23.8 Å². The van der Waals surface area contributed by atoms with Gasteiger partial charge in [0.05, 0.1) is 6.61 Å². The highest BCUT2D eigenvalue weighted by Crippen LogP contribution is 2.48. The standard InChI is InChI=1S/C10H14BrO4P/c1-13-16(12,14-2)15-8-10-5-3-9(7-11)4-6-10/h3-6H,7-8H2,1-2H3. The Hall–Kier alpha value is -0.190. The van der Waals surface area contributed by atoms with Crippen LogP contribution in [0.4, 0.5) is 0 Å². The van der Waals surface area contributed by atoms with Gasteiger partial charge in [0.2, 0.25) is 0 Å². The zero-order valence-electron chi connectivity index (χ0n) is 9.18. The van der Waals surface area contributed by atoms with Gasteiger partial charge in [-0.2, -0.15) is 0 Å². The molecule has 1 aromatic carbocycles. The van der Waals surface area contributed by atoms with Crippen molar-refractivity contribution < 1.29 is 18.1 Å². The summed E-state index contributed by atoms with van der Waals surface area (Å²) in [6.45, 7) is 0.196. The van der Waals surface area contributed by atoms with Gasteiger partial charge in [0.15, 0.2) is 0 Å². The molecule has 0 aromatic heterocycles. The molecule has 0 bridgehead atoms. The van der Waals surface area contributed by atoms with E-state index in [9.17, 15) is 4.57 Å². The van der Waals surface area contributed by atoms with Gasteiger partial charge >= 0.3 is 7.82 Å². The Balaban J connectivity index is 2.57. The molecule has 0 saturated heterocycles. The van der Waals surface area contributed by atoms with Crippen LogP contribution >= 0.6 is 23.8 Å². The summed E-state index contributed by atoms with van der Waals surface area (Å²) in [6.07, 6.45) is 0. The van der Waals surface area contributed by atoms with Crippen LogP contribution in [0.5, 0.6) is 0 Å². The van der Waals surface area contributed by atoms with Gasteiger partial charge in [-0.05, 0) is 11.1 Å². The van der Waals surface area contributed by atoms with Crippen molar-refractivity contribution in [2.45, 2.75) is 11.9 Å². The maximum Gasteiger partial charge on any atom is 0.474 e. The Morgan fingerprint density at radius 3 is 2.06 bits per heavy atom. The second-order valence-corrected chi connectivity index (χ2v) is 5.48. The predicted octanol–water partition coefficient (Wildman–Crippen LogP) is 3.50. The third kappa shape index (κ3) is 4.00. The number of halogens is 1. The van der Waals surface area contributed by atoms with E-state index in [1.807, 2.05) is 24.3 Å². The minimum atomic E-state index is -3.37. The molecule has 0 fully saturated rings. The molecule has 16 heavy (non-hydrogen) atoms. The van der Waals surface area contributed by atoms with E-state index < -0.39 is 7.82 Å². The fraction of sp³-hybridized carbons (Fsp3) is 0.400. The van der Waals surface area contributed by atoms with Gasteiger partial charge in [0, 0.05) is 19.5 Å². The lowest BCUT2D eigenvalue weighted by molar-refractivity contribution is 0.146. The lowest BCUT2D eigenvalue weighted by Gasteiger charge is -2.13. The third-order valence-corrected chi connectivity index (χ3v) is 4.00. The molecule has 0 radical (unpaired) electrons. The van der Waals surface area contributed by atoms with E-state index in [1.165, 1.54) is 19.8 Å². The van der Waals surface area contributed by atoms with Crippen LogP contribution in [-0.4, -0.2) is 14.2 Å². The molecular weight excluding hydrogens is 295 g/mol. The first-order valence-electron chi connectivity index (χ1n) is 4.63.